The van der Waals surface area contributed by atoms with E-state index in [9.17, 15) is 8.42 Å². The minimum absolute atomic E-state index is 0. The van der Waals surface area contributed by atoms with Crippen LogP contribution < -0.4 is 20.1 Å². The quantitative estimate of drug-likeness (QED) is 0.229. The summed E-state index contributed by atoms with van der Waals surface area (Å²) in [5.74, 6) is 1.40. The fourth-order valence-corrected chi connectivity index (χ4v) is 4.57. The normalized spacial score (nSPS) is 12.8. The van der Waals surface area contributed by atoms with E-state index in [1.165, 1.54) is 0 Å². The van der Waals surface area contributed by atoms with Gasteiger partial charge in [0, 0.05) is 19.6 Å². The molecule has 9 heteroatoms. The van der Waals surface area contributed by atoms with Crippen molar-refractivity contribution < 1.29 is 13.2 Å². The molecule has 0 aliphatic carbocycles. The topological polar surface area (TPSA) is 91.8 Å². The minimum atomic E-state index is -3.40. The van der Waals surface area contributed by atoms with Gasteiger partial charge in [-0.3, -0.25) is 4.99 Å². The highest BCUT2D eigenvalue weighted by Gasteiger charge is 2.15. The smallest absolute Gasteiger partial charge is 0.216 e. The number of halogens is 1. The molecule has 0 aliphatic heterocycles. The Kier molecular flexibility index (Phi) is 12.0. The van der Waals surface area contributed by atoms with E-state index in [0.717, 1.165) is 22.4 Å². The number of aliphatic imine (C=N–C) groups is 1. The van der Waals surface area contributed by atoms with Gasteiger partial charge in [0.05, 0.1) is 12.3 Å². The van der Waals surface area contributed by atoms with E-state index in [1.807, 2.05) is 76.2 Å². The summed E-state index contributed by atoms with van der Waals surface area (Å²) in [4.78, 5) is 4.25. The van der Waals surface area contributed by atoms with Gasteiger partial charge in [-0.1, -0.05) is 36.4 Å². The van der Waals surface area contributed by atoms with Crippen molar-refractivity contribution in [3.05, 3.63) is 65.2 Å². The predicted molar refractivity (Wildman–Crippen MR) is 142 cm³/mol. The van der Waals surface area contributed by atoms with Crippen LogP contribution in [0.3, 0.4) is 0 Å². The number of guanidine groups is 1. The zero-order valence-electron chi connectivity index (χ0n) is 19.4. The number of aryl methyl sites for hydroxylation is 1. The second kappa shape index (κ2) is 13.6. The van der Waals surface area contributed by atoms with E-state index in [2.05, 4.69) is 20.3 Å². The number of ether oxygens (including phenoxy) is 1. The molecule has 2 aromatic carbocycles. The highest BCUT2D eigenvalue weighted by molar-refractivity contribution is 14.0. The van der Waals surface area contributed by atoms with Gasteiger partial charge in [0.2, 0.25) is 10.0 Å². The Morgan fingerprint density at radius 1 is 1.03 bits per heavy atom. The molecule has 2 aromatic rings. The number of benzene rings is 2. The molecule has 7 nitrogen and oxygen atoms in total. The molecular formula is C23H35IN4O3S. The fourth-order valence-electron chi connectivity index (χ4n) is 3.08. The lowest BCUT2D eigenvalue weighted by molar-refractivity contribution is 0.223. The molecule has 0 amide bonds. The molecule has 0 spiro atoms. The zero-order chi connectivity index (χ0) is 22.9. The molecule has 1 unspecified atom stereocenters. The second-order valence-corrected chi connectivity index (χ2v) is 9.61. The van der Waals surface area contributed by atoms with Crippen LogP contribution in [0, 0.1) is 6.92 Å². The van der Waals surface area contributed by atoms with Crippen LogP contribution in [0.15, 0.2) is 53.5 Å². The van der Waals surface area contributed by atoms with E-state index in [-0.39, 0.29) is 41.9 Å². The summed E-state index contributed by atoms with van der Waals surface area (Å²) >= 11 is 0. The fraction of sp³-hybridized carbons (Fsp3) is 0.435. The highest BCUT2D eigenvalue weighted by Crippen LogP contribution is 2.14. The third-order valence-corrected chi connectivity index (χ3v) is 5.95. The van der Waals surface area contributed by atoms with Crippen molar-refractivity contribution in [1.82, 2.24) is 15.4 Å². The first kappa shape index (κ1) is 28.2. The van der Waals surface area contributed by atoms with Crippen molar-refractivity contribution in [2.75, 3.05) is 13.6 Å². The van der Waals surface area contributed by atoms with Crippen molar-refractivity contribution in [2.24, 2.45) is 4.99 Å². The Morgan fingerprint density at radius 3 is 2.34 bits per heavy atom. The van der Waals surface area contributed by atoms with Gasteiger partial charge < -0.3 is 15.4 Å². The number of hydrogen-bond acceptors (Lipinski definition) is 4. The monoisotopic (exact) mass is 574 g/mol. The third kappa shape index (κ3) is 10.2. The molecule has 0 saturated heterocycles. The number of nitrogens with one attached hydrogen (secondary N) is 3. The predicted octanol–water partition coefficient (Wildman–Crippen LogP) is 3.57. The minimum Gasteiger partial charge on any atom is -0.489 e. The van der Waals surface area contributed by atoms with Crippen LogP contribution in [0.2, 0.25) is 0 Å². The van der Waals surface area contributed by atoms with Gasteiger partial charge in [-0.05, 0) is 56.5 Å². The van der Waals surface area contributed by atoms with Crippen LogP contribution in [0.5, 0.6) is 5.75 Å². The molecule has 0 saturated carbocycles. The lowest BCUT2D eigenvalue weighted by Gasteiger charge is -2.19. The van der Waals surface area contributed by atoms with Crippen LogP contribution in [0.4, 0.5) is 0 Å². The highest BCUT2D eigenvalue weighted by atomic mass is 127. The Labute approximate surface area is 209 Å². The molecule has 0 aromatic heterocycles. The van der Waals surface area contributed by atoms with Crippen molar-refractivity contribution in [3.8, 4) is 5.75 Å². The van der Waals surface area contributed by atoms with Gasteiger partial charge in [-0.15, -0.1) is 24.0 Å². The second-order valence-electron chi connectivity index (χ2n) is 7.85. The van der Waals surface area contributed by atoms with Crippen molar-refractivity contribution in [1.29, 1.82) is 0 Å². The summed E-state index contributed by atoms with van der Waals surface area (Å²) in [6, 6.07) is 15.3. The average molecular weight is 575 g/mol. The molecule has 1 atom stereocenters. The molecule has 32 heavy (non-hydrogen) atoms. The molecular weight excluding hydrogens is 539 g/mol. The average Bonchev–Trinajstić information content (AvgIpc) is 2.68. The standard InChI is InChI=1S/C23H34N4O3S.HI/c1-17(2)27-31(28,29)16-21-11-7-6-10-20(21)15-26-23(24-5)25-14-19(4)30-22-12-8-9-18(3)13-22;/h6-13,17,19,27H,14-16H2,1-5H3,(H2,24,25,26);1H. The summed E-state index contributed by atoms with van der Waals surface area (Å²) in [6.07, 6.45) is -0.0557. The number of hydrogen-bond donors (Lipinski definition) is 3. The molecule has 0 aliphatic rings. The van der Waals surface area contributed by atoms with E-state index in [0.29, 0.717) is 19.0 Å². The van der Waals surface area contributed by atoms with Crippen molar-refractivity contribution in [3.63, 3.8) is 0 Å². The van der Waals surface area contributed by atoms with Crippen molar-refractivity contribution in [2.45, 2.75) is 52.1 Å². The lowest BCUT2D eigenvalue weighted by Crippen LogP contribution is -2.41. The van der Waals surface area contributed by atoms with Crippen LogP contribution in [0.1, 0.15) is 37.5 Å². The van der Waals surface area contributed by atoms with E-state index in [1.54, 1.807) is 7.05 Å². The van der Waals surface area contributed by atoms with Gasteiger partial charge >= 0.3 is 0 Å². The SMILES string of the molecule is CN=C(NCc1ccccc1CS(=O)(=O)NC(C)C)NCC(C)Oc1cccc(C)c1.I. The van der Waals surface area contributed by atoms with Gasteiger partial charge in [0.15, 0.2) is 5.96 Å². The Bertz CT molecular complexity index is 981. The van der Waals surface area contributed by atoms with Crippen LogP contribution in [-0.2, 0) is 22.3 Å². The van der Waals surface area contributed by atoms with Crippen LogP contribution >= 0.6 is 24.0 Å². The summed E-state index contributed by atoms with van der Waals surface area (Å²) in [7, 11) is -1.70. The van der Waals surface area contributed by atoms with E-state index >= 15 is 0 Å². The molecule has 2 rings (SSSR count). The maximum atomic E-state index is 12.3. The Hall–Kier alpha value is -1.85. The van der Waals surface area contributed by atoms with Crippen molar-refractivity contribution >= 4 is 40.0 Å². The molecule has 0 bridgehead atoms. The maximum absolute atomic E-state index is 12.3. The Morgan fingerprint density at radius 2 is 1.72 bits per heavy atom. The number of nitrogens with zero attached hydrogens (tertiary/aromatic N) is 1. The summed E-state index contributed by atoms with van der Waals surface area (Å²) < 4.78 is 33.2. The first-order valence-corrected chi connectivity index (χ1v) is 12.1. The molecule has 3 N–H and O–H groups in total. The third-order valence-electron chi connectivity index (χ3n) is 4.43. The summed E-state index contributed by atoms with van der Waals surface area (Å²) in [5.41, 5.74) is 2.82. The zero-order valence-corrected chi connectivity index (χ0v) is 22.5. The molecule has 0 radical (unpaired) electrons. The molecule has 0 fully saturated rings. The van der Waals surface area contributed by atoms with Gasteiger partial charge in [-0.2, -0.15) is 0 Å². The first-order valence-electron chi connectivity index (χ1n) is 10.4. The number of sulfonamides is 1. The van der Waals surface area contributed by atoms with Gasteiger partial charge in [0.25, 0.3) is 0 Å². The molecule has 178 valence electrons. The largest absolute Gasteiger partial charge is 0.489 e. The Balaban J connectivity index is 0.00000512. The molecule has 0 heterocycles. The number of rotatable bonds is 10. The van der Waals surface area contributed by atoms with Gasteiger partial charge in [0.1, 0.15) is 11.9 Å². The maximum Gasteiger partial charge on any atom is 0.216 e. The van der Waals surface area contributed by atoms with Crippen LogP contribution in [0.25, 0.3) is 0 Å². The van der Waals surface area contributed by atoms with Crippen LogP contribution in [-0.4, -0.2) is 40.1 Å². The summed E-state index contributed by atoms with van der Waals surface area (Å²) in [5, 5.41) is 6.50. The lowest BCUT2D eigenvalue weighted by atomic mass is 10.1. The summed E-state index contributed by atoms with van der Waals surface area (Å²) in [6.45, 7) is 8.67. The van der Waals surface area contributed by atoms with E-state index < -0.39 is 10.0 Å². The van der Waals surface area contributed by atoms with Gasteiger partial charge in [-0.25, -0.2) is 13.1 Å². The van der Waals surface area contributed by atoms with E-state index in [4.69, 9.17) is 4.74 Å². The first-order chi connectivity index (χ1) is 14.7.